The van der Waals surface area contributed by atoms with Crippen molar-refractivity contribution in [1.82, 2.24) is 4.98 Å². The van der Waals surface area contributed by atoms with Crippen LogP contribution in [0, 0.1) is 0 Å². The normalized spacial score (nSPS) is 14.8. The smallest absolute Gasteiger partial charge is 0.136 e. The molecule has 0 radical (unpaired) electrons. The Balaban J connectivity index is 2.37. The van der Waals surface area contributed by atoms with E-state index in [-0.39, 0.29) is 5.54 Å². The molecule has 1 aromatic heterocycles. The molecular formula is C16H25N3S. The summed E-state index contributed by atoms with van der Waals surface area (Å²) in [6.07, 6.45) is 6.84. The first kappa shape index (κ1) is 15.2. The molecule has 2 rings (SSSR count). The third kappa shape index (κ3) is 3.48. The zero-order valence-corrected chi connectivity index (χ0v) is 13.6. The number of aromatic nitrogens is 1. The molecule has 3 nitrogen and oxygen atoms in total. The number of hydrogen-bond donors (Lipinski definition) is 2. The highest BCUT2D eigenvalue weighted by Gasteiger charge is 2.22. The van der Waals surface area contributed by atoms with E-state index in [4.69, 9.17) is 22.9 Å². The van der Waals surface area contributed by atoms with E-state index in [1.165, 1.54) is 24.1 Å². The van der Waals surface area contributed by atoms with Crippen molar-refractivity contribution in [2.24, 2.45) is 5.73 Å². The second-order valence-corrected chi connectivity index (χ2v) is 6.76. The summed E-state index contributed by atoms with van der Waals surface area (Å²) < 4.78 is 0. The molecule has 1 heterocycles. The Labute approximate surface area is 127 Å². The van der Waals surface area contributed by atoms with Crippen molar-refractivity contribution in [1.29, 1.82) is 0 Å². The monoisotopic (exact) mass is 291 g/mol. The molecule has 3 N–H and O–H groups in total. The molecule has 0 aliphatic heterocycles. The van der Waals surface area contributed by atoms with Crippen molar-refractivity contribution in [2.75, 3.05) is 5.32 Å². The summed E-state index contributed by atoms with van der Waals surface area (Å²) in [7, 11) is 0. The van der Waals surface area contributed by atoms with Gasteiger partial charge in [0.25, 0.3) is 0 Å². The zero-order valence-electron chi connectivity index (χ0n) is 12.8. The summed E-state index contributed by atoms with van der Waals surface area (Å²) in [4.78, 5) is 5.25. The summed E-state index contributed by atoms with van der Waals surface area (Å²) in [5.41, 5.74) is 9.32. The van der Waals surface area contributed by atoms with Crippen LogP contribution in [0.25, 0.3) is 0 Å². The Kier molecular flexibility index (Phi) is 4.63. The number of thiocarbonyl (C=S) groups is 1. The van der Waals surface area contributed by atoms with Gasteiger partial charge in [-0.05, 0) is 57.6 Å². The van der Waals surface area contributed by atoms with Gasteiger partial charge in [0.15, 0.2) is 0 Å². The lowest BCUT2D eigenvalue weighted by Gasteiger charge is -2.29. The lowest BCUT2D eigenvalue weighted by molar-refractivity contribution is 0.508. The maximum atomic E-state index is 5.89. The third-order valence-electron chi connectivity index (χ3n) is 3.90. The van der Waals surface area contributed by atoms with Gasteiger partial charge >= 0.3 is 0 Å². The summed E-state index contributed by atoms with van der Waals surface area (Å²) in [6, 6.07) is 2.15. The summed E-state index contributed by atoms with van der Waals surface area (Å²) in [5, 5.41) is 3.54. The first-order valence-corrected chi connectivity index (χ1v) is 7.94. The van der Waals surface area contributed by atoms with Crippen LogP contribution in [-0.2, 0) is 12.8 Å². The van der Waals surface area contributed by atoms with Gasteiger partial charge in [-0.25, -0.2) is 4.98 Å². The maximum Gasteiger partial charge on any atom is 0.136 e. The van der Waals surface area contributed by atoms with Gasteiger partial charge in [0.05, 0.1) is 5.56 Å². The Morgan fingerprint density at radius 1 is 1.40 bits per heavy atom. The van der Waals surface area contributed by atoms with Crippen molar-refractivity contribution >= 4 is 23.0 Å². The SMILES string of the molecule is CCCC(C)(C)Nc1nc2c(cc1C(N)=S)CCCC2. The number of nitrogens with zero attached hydrogens (tertiary/aromatic N) is 1. The van der Waals surface area contributed by atoms with E-state index in [1.807, 2.05) is 0 Å². The number of pyridine rings is 1. The van der Waals surface area contributed by atoms with Gasteiger partial charge in [-0.1, -0.05) is 25.6 Å². The number of aryl methyl sites for hydroxylation is 2. The fourth-order valence-corrected chi connectivity index (χ4v) is 3.08. The van der Waals surface area contributed by atoms with Gasteiger partial charge in [-0.2, -0.15) is 0 Å². The van der Waals surface area contributed by atoms with Crippen molar-refractivity contribution in [2.45, 2.75) is 64.8 Å². The molecule has 0 saturated carbocycles. The highest BCUT2D eigenvalue weighted by Crippen LogP contribution is 2.27. The van der Waals surface area contributed by atoms with Crippen LogP contribution in [-0.4, -0.2) is 15.5 Å². The van der Waals surface area contributed by atoms with E-state index in [0.717, 1.165) is 37.1 Å². The number of anilines is 1. The fourth-order valence-electron chi connectivity index (χ4n) is 2.92. The van der Waals surface area contributed by atoms with Crippen LogP contribution in [0.4, 0.5) is 5.82 Å². The van der Waals surface area contributed by atoms with Crippen molar-refractivity contribution in [3.8, 4) is 0 Å². The number of nitrogens with one attached hydrogen (secondary N) is 1. The highest BCUT2D eigenvalue weighted by atomic mass is 32.1. The minimum absolute atomic E-state index is 0.00415. The van der Waals surface area contributed by atoms with Gasteiger partial charge in [-0.15, -0.1) is 0 Å². The van der Waals surface area contributed by atoms with Crippen LogP contribution < -0.4 is 11.1 Å². The van der Waals surface area contributed by atoms with E-state index in [2.05, 4.69) is 32.2 Å². The Hall–Kier alpha value is -1.16. The van der Waals surface area contributed by atoms with Gasteiger partial charge in [0, 0.05) is 11.2 Å². The number of rotatable bonds is 5. The van der Waals surface area contributed by atoms with Gasteiger partial charge in [0.1, 0.15) is 10.8 Å². The Morgan fingerprint density at radius 3 is 2.75 bits per heavy atom. The zero-order chi connectivity index (χ0) is 14.8. The molecular weight excluding hydrogens is 266 g/mol. The molecule has 0 unspecified atom stereocenters. The average Bonchev–Trinajstić information content (AvgIpc) is 2.37. The summed E-state index contributed by atoms with van der Waals surface area (Å²) in [6.45, 7) is 6.58. The molecule has 1 aliphatic rings. The fraction of sp³-hybridized carbons (Fsp3) is 0.625. The molecule has 0 atom stereocenters. The van der Waals surface area contributed by atoms with Crippen molar-refractivity contribution in [3.05, 3.63) is 22.9 Å². The molecule has 4 heteroatoms. The summed E-state index contributed by atoms with van der Waals surface area (Å²) in [5.74, 6) is 0.858. The second-order valence-electron chi connectivity index (χ2n) is 6.32. The van der Waals surface area contributed by atoms with E-state index in [0.29, 0.717) is 4.99 Å². The Morgan fingerprint density at radius 2 is 2.10 bits per heavy atom. The van der Waals surface area contributed by atoms with E-state index in [1.54, 1.807) is 0 Å². The predicted octanol–water partition coefficient (Wildman–Crippen LogP) is 3.59. The third-order valence-corrected chi connectivity index (χ3v) is 4.12. The van der Waals surface area contributed by atoms with Crippen LogP contribution in [0.3, 0.4) is 0 Å². The van der Waals surface area contributed by atoms with Crippen LogP contribution in [0.2, 0.25) is 0 Å². The molecule has 1 aliphatic carbocycles. The predicted molar refractivity (Wildman–Crippen MR) is 89.4 cm³/mol. The van der Waals surface area contributed by atoms with Gasteiger partial charge in [-0.3, -0.25) is 0 Å². The largest absolute Gasteiger partial charge is 0.389 e. The van der Waals surface area contributed by atoms with E-state index >= 15 is 0 Å². The van der Waals surface area contributed by atoms with Crippen LogP contribution in [0.1, 0.15) is 63.3 Å². The molecule has 1 aromatic rings. The molecule has 0 saturated heterocycles. The van der Waals surface area contributed by atoms with Crippen LogP contribution in [0.15, 0.2) is 6.07 Å². The molecule has 0 amide bonds. The van der Waals surface area contributed by atoms with Crippen molar-refractivity contribution < 1.29 is 0 Å². The molecule has 0 spiro atoms. The summed E-state index contributed by atoms with van der Waals surface area (Å²) >= 11 is 5.21. The first-order chi connectivity index (χ1) is 9.43. The lowest BCUT2D eigenvalue weighted by Crippen LogP contribution is -2.32. The quantitative estimate of drug-likeness (QED) is 0.814. The standard InChI is InChI=1S/C16H25N3S/c1-4-9-16(2,3)19-15-12(14(17)20)10-11-7-5-6-8-13(11)18-15/h10H,4-9H2,1-3H3,(H2,17,20)(H,18,19). The topological polar surface area (TPSA) is 50.9 Å². The minimum Gasteiger partial charge on any atom is -0.389 e. The molecule has 0 bridgehead atoms. The average molecular weight is 291 g/mol. The maximum absolute atomic E-state index is 5.89. The van der Waals surface area contributed by atoms with E-state index in [9.17, 15) is 0 Å². The second kappa shape index (κ2) is 6.08. The van der Waals surface area contributed by atoms with Crippen LogP contribution in [0.5, 0.6) is 0 Å². The minimum atomic E-state index is 0.00415. The number of fused-ring (bicyclic) bond motifs is 1. The lowest BCUT2D eigenvalue weighted by atomic mass is 9.94. The number of nitrogens with two attached hydrogens (primary N) is 1. The van der Waals surface area contributed by atoms with Crippen LogP contribution >= 0.6 is 12.2 Å². The number of hydrogen-bond acceptors (Lipinski definition) is 3. The Bertz CT molecular complexity index is 509. The molecule has 110 valence electrons. The molecule has 20 heavy (non-hydrogen) atoms. The van der Waals surface area contributed by atoms with Gasteiger partial charge in [0.2, 0.25) is 0 Å². The van der Waals surface area contributed by atoms with Gasteiger partial charge < -0.3 is 11.1 Å². The first-order valence-electron chi connectivity index (χ1n) is 7.54. The molecule has 0 aromatic carbocycles. The molecule has 0 fully saturated rings. The van der Waals surface area contributed by atoms with Crippen molar-refractivity contribution in [3.63, 3.8) is 0 Å². The van der Waals surface area contributed by atoms with E-state index < -0.39 is 0 Å². The highest BCUT2D eigenvalue weighted by molar-refractivity contribution is 7.80.